The number of nitrogens with one attached hydrogen (secondary N) is 2. The molecule has 0 aliphatic carbocycles. The summed E-state index contributed by atoms with van der Waals surface area (Å²) in [7, 11) is 0. The molecule has 0 spiro atoms. The van der Waals surface area contributed by atoms with Gasteiger partial charge < -0.3 is 10.4 Å². The Balaban J connectivity index is 2.08. The van der Waals surface area contributed by atoms with Gasteiger partial charge in [-0.3, -0.25) is 9.89 Å². The molecule has 94 valence electrons. The van der Waals surface area contributed by atoms with Crippen molar-refractivity contribution in [1.82, 2.24) is 10.2 Å². The van der Waals surface area contributed by atoms with E-state index in [-0.39, 0.29) is 17.4 Å². The van der Waals surface area contributed by atoms with E-state index in [1.807, 2.05) is 13.0 Å². The SMILES string of the molecule is CCc1ccc(C(=O)Nc2cc(C(=O)O)[nH]n2)s1. The molecule has 0 radical (unpaired) electrons. The zero-order valence-electron chi connectivity index (χ0n) is 9.56. The van der Waals surface area contributed by atoms with Crippen LogP contribution in [0.15, 0.2) is 18.2 Å². The first kappa shape index (κ1) is 12.3. The summed E-state index contributed by atoms with van der Waals surface area (Å²) in [4.78, 5) is 24.1. The van der Waals surface area contributed by atoms with Crippen molar-refractivity contribution < 1.29 is 14.7 Å². The maximum atomic E-state index is 11.8. The Morgan fingerprint density at radius 2 is 2.28 bits per heavy atom. The van der Waals surface area contributed by atoms with Gasteiger partial charge in [0.1, 0.15) is 5.69 Å². The van der Waals surface area contributed by atoms with E-state index >= 15 is 0 Å². The van der Waals surface area contributed by atoms with Crippen LogP contribution in [0.25, 0.3) is 0 Å². The van der Waals surface area contributed by atoms with Crippen LogP contribution in [0.1, 0.15) is 32.0 Å². The molecule has 2 heterocycles. The highest BCUT2D eigenvalue weighted by Crippen LogP contribution is 2.18. The van der Waals surface area contributed by atoms with Crippen LogP contribution in [-0.4, -0.2) is 27.2 Å². The van der Waals surface area contributed by atoms with Crippen molar-refractivity contribution >= 4 is 29.0 Å². The van der Waals surface area contributed by atoms with Crippen molar-refractivity contribution in [2.24, 2.45) is 0 Å². The molecule has 2 aromatic rings. The van der Waals surface area contributed by atoms with E-state index in [1.54, 1.807) is 6.07 Å². The van der Waals surface area contributed by atoms with E-state index in [2.05, 4.69) is 15.5 Å². The molecule has 2 rings (SSSR count). The third-order valence-electron chi connectivity index (χ3n) is 2.28. The topological polar surface area (TPSA) is 95.1 Å². The lowest BCUT2D eigenvalue weighted by Gasteiger charge is -1.97. The fraction of sp³-hybridized carbons (Fsp3) is 0.182. The number of carboxylic acids is 1. The van der Waals surface area contributed by atoms with Crippen molar-refractivity contribution in [3.63, 3.8) is 0 Å². The van der Waals surface area contributed by atoms with E-state index in [0.29, 0.717) is 4.88 Å². The van der Waals surface area contributed by atoms with Crippen LogP contribution < -0.4 is 5.32 Å². The lowest BCUT2D eigenvalue weighted by molar-refractivity contribution is 0.0690. The fourth-order valence-electron chi connectivity index (χ4n) is 1.36. The van der Waals surface area contributed by atoms with Crippen molar-refractivity contribution in [3.05, 3.63) is 33.6 Å². The van der Waals surface area contributed by atoms with Crippen LogP contribution in [0, 0.1) is 0 Å². The van der Waals surface area contributed by atoms with Crippen LogP contribution in [0.5, 0.6) is 0 Å². The van der Waals surface area contributed by atoms with Gasteiger partial charge in [0.05, 0.1) is 4.88 Å². The summed E-state index contributed by atoms with van der Waals surface area (Å²) in [5.41, 5.74) is -0.0641. The molecular formula is C11H11N3O3S. The van der Waals surface area contributed by atoms with Crippen LogP contribution >= 0.6 is 11.3 Å². The number of aryl methyl sites for hydroxylation is 1. The normalized spacial score (nSPS) is 10.3. The molecule has 0 saturated heterocycles. The number of thiophene rings is 1. The quantitative estimate of drug-likeness (QED) is 0.787. The maximum Gasteiger partial charge on any atom is 0.353 e. The van der Waals surface area contributed by atoms with Gasteiger partial charge >= 0.3 is 5.97 Å². The minimum atomic E-state index is -1.12. The number of H-pyrrole nitrogens is 1. The Bertz CT molecular complexity index is 588. The standard InChI is InChI=1S/C11H11N3O3S/c1-2-6-3-4-8(18-6)10(15)12-9-5-7(11(16)17)13-14-9/h3-5H,2H2,1H3,(H,16,17)(H2,12,13,14,15). The number of hydrogen-bond acceptors (Lipinski definition) is 4. The van der Waals surface area contributed by atoms with E-state index in [4.69, 9.17) is 5.11 Å². The zero-order valence-corrected chi connectivity index (χ0v) is 10.4. The highest BCUT2D eigenvalue weighted by molar-refractivity contribution is 7.14. The summed E-state index contributed by atoms with van der Waals surface area (Å²) in [6, 6.07) is 4.91. The number of carbonyl (C=O) groups is 2. The Hall–Kier alpha value is -2.15. The monoisotopic (exact) mass is 265 g/mol. The Labute approximate surface area is 107 Å². The Kier molecular flexibility index (Phi) is 3.42. The fourth-order valence-corrected chi connectivity index (χ4v) is 2.21. The second kappa shape index (κ2) is 5.01. The van der Waals surface area contributed by atoms with Gasteiger partial charge in [0.15, 0.2) is 5.82 Å². The molecule has 2 aromatic heterocycles. The van der Waals surface area contributed by atoms with Gasteiger partial charge in [-0.25, -0.2) is 4.79 Å². The molecule has 0 saturated carbocycles. The highest BCUT2D eigenvalue weighted by Gasteiger charge is 2.12. The average Bonchev–Trinajstić information content (AvgIpc) is 2.96. The molecule has 0 aliphatic rings. The number of aromatic nitrogens is 2. The van der Waals surface area contributed by atoms with Gasteiger partial charge in [-0.05, 0) is 18.6 Å². The number of hydrogen-bond donors (Lipinski definition) is 3. The summed E-state index contributed by atoms with van der Waals surface area (Å²) < 4.78 is 0. The van der Waals surface area contributed by atoms with E-state index in [9.17, 15) is 9.59 Å². The van der Waals surface area contributed by atoms with Crippen molar-refractivity contribution in [1.29, 1.82) is 0 Å². The molecule has 0 aromatic carbocycles. The van der Waals surface area contributed by atoms with Gasteiger partial charge in [-0.1, -0.05) is 6.92 Å². The number of amides is 1. The summed E-state index contributed by atoms with van der Waals surface area (Å²) in [6.07, 6.45) is 0.878. The van der Waals surface area contributed by atoms with Crippen LogP contribution in [0.4, 0.5) is 5.82 Å². The molecule has 1 amide bonds. The third kappa shape index (κ3) is 2.57. The number of carboxylic acid groups (broad SMARTS) is 1. The average molecular weight is 265 g/mol. The molecule has 6 nitrogen and oxygen atoms in total. The van der Waals surface area contributed by atoms with Gasteiger partial charge in [-0.15, -0.1) is 11.3 Å². The summed E-state index contributed by atoms with van der Waals surface area (Å²) in [5.74, 6) is -1.21. The van der Waals surface area contributed by atoms with Crippen LogP contribution in [-0.2, 0) is 6.42 Å². The van der Waals surface area contributed by atoms with E-state index < -0.39 is 5.97 Å². The lowest BCUT2D eigenvalue weighted by atomic mass is 10.3. The summed E-state index contributed by atoms with van der Waals surface area (Å²) in [6.45, 7) is 2.01. The van der Waals surface area contributed by atoms with Gasteiger partial charge in [-0.2, -0.15) is 5.10 Å². The van der Waals surface area contributed by atoms with Gasteiger partial charge in [0.25, 0.3) is 5.91 Å². The van der Waals surface area contributed by atoms with Gasteiger partial charge in [0.2, 0.25) is 0 Å². The second-order valence-electron chi connectivity index (χ2n) is 3.55. The molecule has 3 N–H and O–H groups in total. The summed E-state index contributed by atoms with van der Waals surface area (Å²) in [5, 5.41) is 17.3. The molecule has 0 atom stereocenters. The molecule has 0 bridgehead atoms. The molecule has 0 aliphatic heterocycles. The largest absolute Gasteiger partial charge is 0.477 e. The maximum absolute atomic E-state index is 11.8. The Morgan fingerprint density at radius 1 is 1.50 bits per heavy atom. The van der Waals surface area contributed by atoms with Crippen molar-refractivity contribution in [3.8, 4) is 0 Å². The Morgan fingerprint density at radius 3 is 2.83 bits per heavy atom. The highest BCUT2D eigenvalue weighted by atomic mass is 32.1. The molecule has 18 heavy (non-hydrogen) atoms. The molecule has 0 unspecified atom stereocenters. The van der Waals surface area contributed by atoms with Crippen LogP contribution in [0.3, 0.4) is 0 Å². The molecule has 0 fully saturated rings. The first-order valence-electron chi connectivity index (χ1n) is 5.29. The minimum absolute atomic E-state index is 0.0641. The number of aromatic amines is 1. The third-order valence-corrected chi connectivity index (χ3v) is 3.51. The lowest BCUT2D eigenvalue weighted by Crippen LogP contribution is -2.10. The van der Waals surface area contributed by atoms with Crippen molar-refractivity contribution in [2.45, 2.75) is 13.3 Å². The predicted molar refractivity (Wildman–Crippen MR) is 67.2 cm³/mol. The smallest absolute Gasteiger partial charge is 0.353 e. The minimum Gasteiger partial charge on any atom is -0.477 e. The molecular weight excluding hydrogens is 254 g/mol. The second-order valence-corrected chi connectivity index (χ2v) is 4.71. The zero-order chi connectivity index (χ0) is 13.1. The molecule has 7 heteroatoms. The van der Waals surface area contributed by atoms with Crippen LogP contribution in [0.2, 0.25) is 0 Å². The number of carbonyl (C=O) groups excluding carboxylic acids is 1. The number of rotatable bonds is 4. The number of aromatic carboxylic acids is 1. The van der Waals surface area contributed by atoms with Crippen molar-refractivity contribution in [2.75, 3.05) is 5.32 Å². The first-order chi connectivity index (χ1) is 8.60. The summed E-state index contributed by atoms with van der Waals surface area (Å²) >= 11 is 1.41. The first-order valence-corrected chi connectivity index (χ1v) is 6.10. The predicted octanol–water partition coefficient (Wildman–Crippen LogP) is 1.98. The number of nitrogens with zero attached hydrogens (tertiary/aromatic N) is 1. The van der Waals surface area contributed by atoms with E-state index in [1.165, 1.54) is 17.4 Å². The number of anilines is 1. The van der Waals surface area contributed by atoms with Gasteiger partial charge in [0, 0.05) is 10.9 Å². The van der Waals surface area contributed by atoms with E-state index in [0.717, 1.165) is 11.3 Å².